The quantitative estimate of drug-likeness (QED) is 0.362. The molecule has 1 aromatic heterocycles. The number of benzene rings is 3. The number of rotatable bonds is 8. The van der Waals surface area contributed by atoms with Crippen LogP contribution in [0.5, 0.6) is 11.5 Å². The standard InChI is InChI=1S/C24H23FN2O2/c1-2-28-22-10-5-6-11-23(22)29-17-7-16-27-21-9-4-3-8-20(21)26-24(27)18-12-14-19(25)15-13-18/h3-6,8-15H,2,7,16-17H2,1H3. The van der Waals surface area contributed by atoms with Gasteiger partial charge in [0.1, 0.15) is 11.6 Å². The van der Waals surface area contributed by atoms with Crippen molar-refractivity contribution in [2.45, 2.75) is 19.9 Å². The summed E-state index contributed by atoms with van der Waals surface area (Å²) in [6.45, 7) is 3.85. The van der Waals surface area contributed by atoms with Gasteiger partial charge in [0.2, 0.25) is 0 Å². The minimum atomic E-state index is -0.252. The fraction of sp³-hybridized carbons (Fsp3) is 0.208. The van der Waals surface area contributed by atoms with Crippen molar-refractivity contribution in [1.29, 1.82) is 0 Å². The van der Waals surface area contributed by atoms with E-state index in [-0.39, 0.29) is 5.82 Å². The number of para-hydroxylation sites is 4. The second kappa shape index (κ2) is 8.78. The van der Waals surface area contributed by atoms with Crippen molar-refractivity contribution in [2.75, 3.05) is 13.2 Å². The highest BCUT2D eigenvalue weighted by atomic mass is 19.1. The molecule has 3 aromatic carbocycles. The minimum absolute atomic E-state index is 0.252. The van der Waals surface area contributed by atoms with E-state index in [2.05, 4.69) is 10.6 Å². The molecule has 0 amide bonds. The van der Waals surface area contributed by atoms with Crippen LogP contribution in [0.4, 0.5) is 4.39 Å². The van der Waals surface area contributed by atoms with Crippen LogP contribution >= 0.6 is 0 Å². The van der Waals surface area contributed by atoms with Crippen molar-refractivity contribution in [3.63, 3.8) is 0 Å². The predicted octanol–water partition coefficient (Wildman–Crippen LogP) is 5.71. The number of fused-ring (bicyclic) bond motifs is 1. The summed E-state index contributed by atoms with van der Waals surface area (Å²) in [4.78, 5) is 4.77. The maximum atomic E-state index is 13.4. The van der Waals surface area contributed by atoms with E-state index in [0.717, 1.165) is 46.9 Å². The summed E-state index contributed by atoms with van der Waals surface area (Å²) >= 11 is 0. The number of hydrogen-bond donors (Lipinski definition) is 0. The molecular weight excluding hydrogens is 367 g/mol. The largest absolute Gasteiger partial charge is 0.490 e. The van der Waals surface area contributed by atoms with Crippen LogP contribution in [0.15, 0.2) is 72.8 Å². The number of ether oxygens (including phenoxy) is 2. The monoisotopic (exact) mass is 390 g/mol. The van der Waals surface area contributed by atoms with Gasteiger partial charge in [0.15, 0.2) is 11.5 Å². The Morgan fingerprint density at radius 1 is 0.862 bits per heavy atom. The molecule has 0 spiro atoms. The van der Waals surface area contributed by atoms with E-state index < -0.39 is 0 Å². The molecule has 0 unspecified atom stereocenters. The van der Waals surface area contributed by atoms with Crippen molar-refractivity contribution in [3.8, 4) is 22.9 Å². The molecule has 0 saturated heterocycles. The van der Waals surface area contributed by atoms with Crippen LogP contribution < -0.4 is 9.47 Å². The van der Waals surface area contributed by atoms with Crippen LogP contribution in [-0.4, -0.2) is 22.8 Å². The van der Waals surface area contributed by atoms with Crippen LogP contribution in [0, 0.1) is 5.82 Å². The maximum absolute atomic E-state index is 13.4. The highest BCUT2D eigenvalue weighted by molar-refractivity contribution is 5.80. The summed E-state index contributed by atoms with van der Waals surface area (Å²) in [7, 11) is 0. The highest BCUT2D eigenvalue weighted by Gasteiger charge is 2.12. The Balaban J connectivity index is 1.52. The summed E-state index contributed by atoms with van der Waals surface area (Å²) in [5.41, 5.74) is 2.88. The van der Waals surface area contributed by atoms with Gasteiger partial charge in [0.05, 0.1) is 24.2 Å². The van der Waals surface area contributed by atoms with Crippen molar-refractivity contribution >= 4 is 11.0 Å². The average Bonchev–Trinajstić information content (AvgIpc) is 3.12. The Kier molecular flexibility index (Phi) is 5.75. The molecule has 5 heteroatoms. The Morgan fingerprint density at radius 2 is 1.55 bits per heavy atom. The molecule has 4 rings (SSSR count). The first-order valence-electron chi connectivity index (χ1n) is 9.82. The zero-order valence-corrected chi connectivity index (χ0v) is 16.3. The number of hydrogen-bond acceptors (Lipinski definition) is 3. The van der Waals surface area contributed by atoms with Crippen LogP contribution in [0.2, 0.25) is 0 Å². The van der Waals surface area contributed by atoms with Crippen LogP contribution in [-0.2, 0) is 6.54 Å². The maximum Gasteiger partial charge on any atom is 0.161 e. The van der Waals surface area contributed by atoms with E-state index >= 15 is 0 Å². The van der Waals surface area contributed by atoms with Crippen molar-refractivity contribution in [1.82, 2.24) is 9.55 Å². The smallest absolute Gasteiger partial charge is 0.161 e. The molecule has 4 nitrogen and oxygen atoms in total. The fourth-order valence-electron chi connectivity index (χ4n) is 3.37. The normalized spacial score (nSPS) is 11.0. The van der Waals surface area contributed by atoms with Gasteiger partial charge in [0, 0.05) is 12.1 Å². The molecule has 1 heterocycles. The van der Waals surface area contributed by atoms with Gasteiger partial charge < -0.3 is 14.0 Å². The van der Waals surface area contributed by atoms with Gasteiger partial charge in [-0.05, 0) is 61.9 Å². The van der Waals surface area contributed by atoms with Crippen LogP contribution in [0.1, 0.15) is 13.3 Å². The number of halogens is 1. The van der Waals surface area contributed by atoms with Crippen molar-refractivity contribution in [2.24, 2.45) is 0 Å². The zero-order valence-electron chi connectivity index (χ0n) is 16.3. The minimum Gasteiger partial charge on any atom is -0.490 e. The summed E-state index contributed by atoms with van der Waals surface area (Å²) in [5.74, 6) is 2.09. The topological polar surface area (TPSA) is 36.3 Å². The van der Waals surface area contributed by atoms with E-state index in [1.54, 1.807) is 12.1 Å². The van der Waals surface area contributed by atoms with Crippen molar-refractivity contribution in [3.05, 3.63) is 78.6 Å². The number of imidazole rings is 1. The highest BCUT2D eigenvalue weighted by Crippen LogP contribution is 2.27. The van der Waals surface area contributed by atoms with Gasteiger partial charge in [-0.3, -0.25) is 0 Å². The molecule has 148 valence electrons. The third-order valence-corrected chi connectivity index (χ3v) is 4.69. The Morgan fingerprint density at radius 3 is 2.31 bits per heavy atom. The molecule has 0 bridgehead atoms. The van der Waals surface area contributed by atoms with Crippen LogP contribution in [0.25, 0.3) is 22.4 Å². The number of aromatic nitrogens is 2. The van der Waals surface area contributed by atoms with E-state index in [9.17, 15) is 4.39 Å². The van der Waals surface area contributed by atoms with Gasteiger partial charge in [-0.2, -0.15) is 0 Å². The molecule has 0 fully saturated rings. The lowest BCUT2D eigenvalue weighted by Crippen LogP contribution is -2.07. The van der Waals surface area contributed by atoms with Crippen LogP contribution in [0.3, 0.4) is 0 Å². The molecule has 0 aliphatic rings. The molecule has 0 N–H and O–H groups in total. The summed E-state index contributed by atoms with van der Waals surface area (Å²) < 4.78 is 27.1. The first-order chi connectivity index (χ1) is 14.3. The predicted molar refractivity (Wildman–Crippen MR) is 113 cm³/mol. The summed E-state index contributed by atoms with van der Waals surface area (Å²) in [5, 5.41) is 0. The molecule has 0 saturated carbocycles. The molecule has 29 heavy (non-hydrogen) atoms. The van der Waals surface area contributed by atoms with Gasteiger partial charge in [-0.15, -0.1) is 0 Å². The third-order valence-electron chi connectivity index (χ3n) is 4.69. The Hall–Kier alpha value is -3.34. The molecule has 0 radical (unpaired) electrons. The lowest BCUT2D eigenvalue weighted by molar-refractivity contribution is 0.269. The first-order valence-corrected chi connectivity index (χ1v) is 9.82. The molecule has 0 aliphatic carbocycles. The number of nitrogens with zero attached hydrogens (tertiary/aromatic N) is 2. The van der Waals surface area contributed by atoms with E-state index in [0.29, 0.717) is 13.2 Å². The molecule has 4 aromatic rings. The Bertz CT molecular complexity index is 1090. The molecular formula is C24H23FN2O2. The fourth-order valence-corrected chi connectivity index (χ4v) is 3.37. The van der Waals surface area contributed by atoms with E-state index in [1.165, 1.54) is 12.1 Å². The van der Waals surface area contributed by atoms with Gasteiger partial charge in [0.25, 0.3) is 0 Å². The lowest BCUT2D eigenvalue weighted by atomic mass is 10.2. The second-order valence-electron chi connectivity index (χ2n) is 6.66. The summed E-state index contributed by atoms with van der Waals surface area (Å²) in [6, 6.07) is 22.2. The van der Waals surface area contributed by atoms with Gasteiger partial charge in [-0.1, -0.05) is 24.3 Å². The average molecular weight is 390 g/mol. The lowest BCUT2D eigenvalue weighted by Gasteiger charge is -2.13. The second-order valence-corrected chi connectivity index (χ2v) is 6.66. The Labute approximate surface area is 169 Å². The summed E-state index contributed by atoms with van der Waals surface area (Å²) in [6.07, 6.45) is 0.801. The van der Waals surface area contributed by atoms with Gasteiger partial charge >= 0.3 is 0 Å². The van der Waals surface area contributed by atoms with E-state index in [1.807, 2.05) is 49.4 Å². The van der Waals surface area contributed by atoms with Gasteiger partial charge in [-0.25, -0.2) is 9.37 Å². The van der Waals surface area contributed by atoms with E-state index in [4.69, 9.17) is 14.5 Å². The number of aryl methyl sites for hydroxylation is 1. The molecule has 0 aliphatic heterocycles. The SMILES string of the molecule is CCOc1ccccc1OCCCn1c(-c2ccc(F)cc2)nc2ccccc21. The van der Waals surface area contributed by atoms with Crippen molar-refractivity contribution < 1.29 is 13.9 Å². The zero-order chi connectivity index (χ0) is 20.1. The molecule has 0 atom stereocenters. The third kappa shape index (κ3) is 4.24. The first kappa shape index (κ1) is 19.0.